The van der Waals surface area contributed by atoms with Gasteiger partial charge in [-0.15, -0.1) is 0 Å². The number of rotatable bonds is 4. The van der Waals surface area contributed by atoms with E-state index in [0.717, 1.165) is 15.7 Å². The van der Waals surface area contributed by atoms with Crippen LogP contribution in [0.25, 0.3) is 10.8 Å². The number of esters is 1. The first-order chi connectivity index (χ1) is 16.0. The zero-order chi connectivity index (χ0) is 22.9. The van der Waals surface area contributed by atoms with Crippen LogP contribution >= 0.6 is 0 Å². The van der Waals surface area contributed by atoms with Crippen molar-refractivity contribution < 1.29 is 23.9 Å². The standard InChI is InChI=1S/C26H22N2O5/c29-23(20-13-5-8-17-7-1-2-10-19(17)20)27-14-6-9-18(15-27)26(32)33-16-28-24(30)21-11-3-4-12-22(21)25(28)31/h1-5,7-8,10-13,18H,6,9,14-16H2. The summed E-state index contributed by atoms with van der Waals surface area (Å²) in [5.41, 5.74) is 1.22. The van der Waals surface area contributed by atoms with Gasteiger partial charge in [-0.2, -0.15) is 0 Å². The van der Waals surface area contributed by atoms with Crippen LogP contribution in [0.15, 0.2) is 66.7 Å². The van der Waals surface area contributed by atoms with Crippen molar-refractivity contribution in [2.75, 3.05) is 19.8 Å². The number of carbonyl (C=O) groups is 4. The van der Waals surface area contributed by atoms with E-state index in [1.165, 1.54) is 0 Å². The topological polar surface area (TPSA) is 84.0 Å². The number of nitrogens with zero attached hydrogens (tertiary/aromatic N) is 2. The van der Waals surface area contributed by atoms with Crippen LogP contribution in [-0.2, 0) is 9.53 Å². The number of likely N-dealkylation sites (tertiary alicyclic amines) is 1. The lowest BCUT2D eigenvalue weighted by Gasteiger charge is -2.32. The van der Waals surface area contributed by atoms with Gasteiger partial charge in [0.25, 0.3) is 17.7 Å². The van der Waals surface area contributed by atoms with E-state index >= 15 is 0 Å². The van der Waals surface area contributed by atoms with Crippen molar-refractivity contribution in [2.24, 2.45) is 5.92 Å². The molecule has 2 heterocycles. The maximum Gasteiger partial charge on any atom is 0.312 e. The average molecular weight is 442 g/mol. The zero-order valence-corrected chi connectivity index (χ0v) is 17.9. The lowest BCUT2D eigenvalue weighted by atomic mass is 9.96. The van der Waals surface area contributed by atoms with Gasteiger partial charge in [-0.3, -0.25) is 19.2 Å². The predicted octanol–water partition coefficient (Wildman–Crippen LogP) is 3.49. The first kappa shape index (κ1) is 20.9. The number of carbonyl (C=O) groups excluding carboxylic acids is 4. The number of piperidine rings is 1. The van der Waals surface area contributed by atoms with Crippen molar-refractivity contribution in [2.45, 2.75) is 12.8 Å². The number of benzene rings is 3. The van der Waals surface area contributed by atoms with Crippen molar-refractivity contribution in [3.05, 3.63) is 83.4 Å². The van der Waals surface area contributed by atoms with Crippen molar-refractivity contribution in [1.29, 1.82) is 0 Å². The molecule has 3 aromatic rings. The third kappa shape index (κ3) is 3.75. The molecule has 1 fully saturated rings. The predicted molar refractivity (Wildman–Crippen MR) is 120 cm³/mol. The molecule has 0 bridgehead atoms. The maximum absolute atomic E-state index is 13.2. The van der Waals surface area contributed by atoms with Gasteiger partial charge in [0.05, 0.1) is 17.0 Å². The van der Waals surface area contributed by atoms with Gasteiger partial charge in [-0.1, -0.05) is 48.5 Å². The van der Waals surface area contributed by atoms with Crippen LogP contribution in [0.5, 0.6) is 0 Å². The molecule has 0 saturated carbocycles. The summed E-state index contributed by atoms with van der Waals surface area (Å²) in [5, 5.41) is 1.86. The third-order valence-electron chi connectivity index (χ3n) is 6.28. The van der Waals surface area contributed by atoms with E-state index in [0.29, 0.717) is 36.1 Å². The molecule has 1 atom stereocenters. The molecule has 0 radical (unpaired) electrons. The molecule has 0 aromatic heterocycles. The summed E-state index contributed by atoms with van der Waals surface area (Å²) in [4.78, 5) is 53.5. The summed E-state index contributed by atoms with van der Waals surface area (Å²) in [6, 6.07) is 19.8. The van der Waals surface area contributed by atoms with Crippen molar-refractivity contribution in [3.8, 4) is 0 Å². The quantitative estimate of drug-likeness (QED) is 0.456. The Morgan fingerprint density at radius 2 is 1.55 bits per heavy atom. The summed E-state index contributed by atoms with van der Waals surface area (Å²) >= 11 is 0. The van der Waals surface area contributed by atoms with Crippen molar-refractivity contribution in [1.82, 2.24) is 9.80 Å². The molecule has 2 aliphatic heterocycles. The number of imide groups is 1. The van der Waals surface area contributed by atoms with Gasteiger partial charge in [-0.05, 0) is 41.8 Å². The van der Waals surface area contributed by atoms with Crippen LogP contribution in [0.3, 0.4) is 0 Å². The van der Waals surface area contributed by atoms with E-state index in [4.69, 9.17) is 4.74 Å². The summed E-state index contributed by atoms with van der Waals surface area (Å²) in [6.07, 6.45) is 1.25. The molecule has 7 nitrogen and oxygen atoms in total. The van der Waals surface area contributed by atoms with E-state index in [1.807, 2.05) is 36.4 Å². The molecule has 166 valence electrons. The van der Waals surface area contributed by atoms with Crippen LogP contribution in [0.1, 0.15) is 43.9 Å². The fourth-order valence-corrected chi connectivity index (χ4v) is 4.54. The average Bonchev–Trinajstić information content (AvgIpc) is 3.11. The number of hydrogen-bond donors (Lipinski definition) is 0. The van der Waals surface area contributed by atoms with Gasteiger partial charge in [0, 0.05) is 18.7 Å². The highest BCUT2D eigenvalue weighted by atomic mass is 16.5. The van der Waals surface area contributed by atoms with E-state index in [2.05, 4.69) is 0 Å². The summed E-state index contributed by atoms with van der Waals surface area (Å²) in [5.74, 6) is -2.08. The molecule has 0 N–H and O–H groups in total. The van der Waals surface area contributed by atoms with Gasteiger partial charge >= 0.3 is 5.97 Å². The Hall–Kier alpha value is -4.00. The minimum atomic E-state index is -0.512. The monoisotopic (exact) mass is 442 g/mol. The minimum Gasteiger partial charge on any atom is -0.443 e. The molecule has 0 spiro atoms. The van der Waals surface area contributed by atoms with Crippen LogP contribution in [0.4, 0.5) is 0 Å². The Morgan fingerprint density at radius 3 is 2.30 bits per heavy atom. The molecule has 5 rings (SSSR count). The van der Waals surface area contributed by atoms with Gasteiger partial charge < -0.3 is 9.64 Å². The highest BCUT2D eigenvalue weighted by molar-refractivity contribution is 6.21. The van der Waals surface area contributed by atoms with Crippen LogP contribution in [0, 0.1) is 5.92 Å². The molecule has 33 heavy (non-hydrogen) atoms. The lowest BCUT2D eigenvalue weighted by molar-refractivity contribution is -0.152. The van der Waals surface area contributed by atoms with E-state index in [-0.39, 0.29) is 12.5 Å². The van der Waals surface area contributed by atoms with Crippen LogP contribution < -0.4 is 0 Å². The summed E-state index contributed by atoms with van der Waals surface area (Å²) < 4.78 is 5.35. The third-order valence-corrected chi connectivity index (χ3v) is 6.28. The zero-order valence-electron chi connectivity index (χ0n) is 17.9. The van der Waals surface area contributed by atoms with Gasteiger partial charge in [0.2, 0.25) is 0 Å². The molecule has 3 amide bonds. The highest BCUT2D eigenvalue weighted by Crippen LogP contribution is 2.25. The number of hydrogen-bond acceptors (Lipinski definition) is 5. The molecule has 7 heteroatoms. The second-order valence-electron chi connectivity index (χ2n) is 8.29. The van der Waals surface area contributed by atoms with Crippen LogP contribution in [0.2, 0.25) is 0 Å². The summed E-state index contributed by atoms with van der Waals surface area (Å²) in [6.45, 7) is 0.367. The Balaban J connectivity index is 1.25. The lowest BCUT2D eigenvalue weighted by Crippen LogP contribution is -2.43. The van der Waals surface area contributed by atoms with Gasteiger partial charge in [-0.25, -0.2) is 4.90 Å². The smallest absolute Gasteiger partial charge is 0.312 e. The number of amides is 3. The fourth-order valence-electron chi connectivity index (χ4n) is 4.54. The molecular weight excluding hydrogens is 420 g/mol. The Labute approximate surface area is 190 Å². The van der Waals surface area contributed by atoms with E-state index in [1.54, 1.807) is 35.2 Å². The Kier molecular flexibility index (Phi) is 5.38. The van der Waals surface area contributed by atoms with Gasteiger partial charge in [0.1, 0.15) is 0 Å². The second-order valence-corrected chi connectivity index (χ2v) is 8.29. The molecule has 1 saturated heterocycles. The molecule has 0 aliphatic carbocycles. The van der Waals surface area contributed by atoms with Crippen molar-refractivity contribution in [3.63, 3.8) is 0 Å². The largest absolute Gasteiger partial charge is 0.443 e. The highest BCUT2D eigenvalue weighted by Gasteiger charge is 2.37. The van der Waals surface area contributed by atoms with Gasteiger partial charge in [0.15, 0.2) is 6.73 Å². The Morgan fingerprint density at radius 1 is 0.879 bits per heavy atom. The summed E-state index contributed by atoms with van der Waals surface area (Å²) in [7, 11) is 0. The fraction of sp³-hybridized carbons (Fsp3) is 0.231. The SMILES string of the molecule is O=C(OCN1C(=O)c2ccccc2C1=O)C1CCCN(C(=O)c2cccc3ccccc23)C1. The molecule has 2 aliphatic rings. The normalized spacial score (nSPS) is 17.9. The maximum atomic E-state index is 13.2. The first-order valence-electron chi connectivity index (χ1n) is 10.9. The molecule has 1 unspecified atom stereocenters. The Bertz CT molecular complexity index is 1240. The molecular formula is C26H22N2O5. The minimum absolute atomic E-state index is 0.121. The van der Waals surface area contributed by atoms with Crippen molar-refractivity contribution >= 4 is 34.5 Å². The number of ether oxygens (including phenoxy) is 1. The van der Waals surface area contributed by atoms with Crippen LogP contribution in [-0.4, -0.2) is 53.3 Å². The van der Waals surface area contributed by atoms with E-state index < -0.39 is 30.4 Å². The second kappa shape index (κ2) is 8.50. The number of fused-ring (bicyclic) bond motifs is 2. The molecule has 3 aromatic carbocycles. The first-order valence-corrected chi connectivity index (χ1v) is 10.9. The van der Waals surface area contributed by atoms with E-state index in [9.17, 15) is 19.2 Å².